The van der Waals surface area contributed by atoms with Gasteiger partial charge < -0.3 is 14.5 Å². The molecular weight excluding hydrogens is 452 g/mol. The minimum atomic E-state index is -0.585. The number of amides is 1. The van der Waals surface area contributed by atoms with Gasteiger partial charge in [0.1, 0.15) is 5.75 Å². The summed E-state index contributed by atoms with van der Waals surface area (Å²) in [4.78, 5) is 37.7. The molecule has 0 spiro atoms. The molecule has 0 radical (unpaired) electrons. The van der Waals surface area contributed by atoms with Crippen molar-refractivity contribution in [3.05, 3.63) is 84.6 Å². The van der Waals surface area contributed by atoms with E-state index < -0.39 is 6.10 Å². The molecular formula is C29H28N4O3. The molecule has 0 saturated carbocycles. The maximum Gasteiger partial charge on any atom is 0.263 e. The summed E-state index contributed by atoms with van der Waals surface area (Å²) >= 11 is 0. The van der Waals surface area contributed by atoms with Crippen LogP contribution in [0.5, 0.6) is 5.75 Å². The Labute approximate surface area is 210 Å². The quantitative estimate of drug-likeness (QED) is 0.375. The summed E-state index contributed by atoms with van der Waals surface area (Å²) in [6.45, 7) is 6.08. The lowest BCUT2D eigenvalue weighted by Gasteiger charge is -2.37. The van der Waals surface area contributed by atoms with Crippen LogP contribution in [0.2, 0.25) is 0 Å². The predicted octanol–water partition coefficient (Wildman–Crippen LogP) is 4.62. The number of carbonyl (C=O) groups excluding carboxylic acids is 2. The largest absolute Gasteiger partial charge is 0.481 e. The van der Waals surface area contributed by atoms with Crippen molar-refractivity contribution in [3.8, 4) is 17.0 Å². The van der Waals surface area contributed by atoms with Crippen molar-refractivity contribution < 1.29 is 14.3 Å². The third-order valence-corrected chi connectivity index (χ3v) is 6.49. The van der Waals surface area contributed by atoms with Gasteiger partial charge in [-0.05, 0) is 74.5 Å². The Morgan fingerprint density at radius 3 is 2.19 bits per heavy atom. The molecule has 1 atom stereocenters. The summed E-state index contributed by atoms with van der Waals surface area (Å²) in [5.74, 6) is 0.673. The van der Waals surface area contributed by atoms with Crippen molar-refractivity contribution in [2.24, 2.45) is 0 Å². The standard InChI is InChI=1S/C29H28N4O3/c1-20(34)22-7-11-24(12-8-22)32-15-17-33(18-16-32)29(35)21(2)36-25-13-9-23(10-14-25)28-19-30-26-5-3-4-6-27(26)31-28/h3-14,19,21H,15-18H2,1-2H3/t21-/m1/s1. The van der Waals surface area contributed by atoms with Gasteiger partial charge in [-0.25, -0.2) is 4.98 Å². The number of para-hydroxylation sites is 2. The average Bonchev–Trinajstić information content (AvgIpc) is 2.93. The molecule has 2 heterocycles. The van der Waals surface area contributed by atoms with Crippen LogP contribution in [0, 0.1) is 0 Å². The van der Waals surface area contributed by atoms with Crippen molar-refractivity contribution in [1.29, 1.82) is 0 Å². The van der Waals surface area contributed by atoms with Crippen LogP contribution in [0.1, 0.15) is 24.2 Å². The van der Waals surface area contributed by atoms with Gasteiger partial charge in [0.15, 0.2) is 11.9 Å². The monoisotopic (exact) mass is 480 g/mol. The molecule has 4 aromatic rings. The number of aromatic nitrogens is 2. The summed E-state index contributed by atoms with van der Waals surface area (Å²) in [6, 6.07) is 23.0. The lowest BCUT2D eigenvalue weighted by atomic mass is 10.1. The minimum Gasteiger partial charge on any atom is -0.481 e. The Morgan fingerprint density at radius 1 is 0.861 bits per heavy atom. The zero-order valence-corrected chi connectivity index (χ0v) is 20.4. The number of fused-ring (bicyclic) bond motifs is 1. The second-order valence-corrected chi connectivity index (χ2v) is 8.94. The van der Waals surface area contributed by atoms with Crippen LogP contribution >= 0.6 is 0 Å². The van der Waals surface area contributed by atoms with E-state index >= 15 is 0 Å². The van der Waals surface area contributed by atoms with Gasteiger partial charge in [-0.2, -0.15) is 0 Å². The van der Waals surface area contributed by atoms with Crippen molar-refractivity contribution in [3.63, 3.8) is 0 Å². The van der Waals surface area contributed by atoms with E-state index in [2.05, 4.69) is 14.9 Å². The summed E-state index contributed by atoms with van der Waals surface area (Å²) < 4.78 is 5.96. The van der Waals surface area contributed by atoms with E-state index in [-0.39, 0.29) is 11.7 Å². The van der Waals surface area contributed by atoms with Gasteiger partial charge >= 0.3 is 0 Å². The van der Waals surface area contributed by atoms with Crippen molar-refractivity contribution in [2.45, 2.75) is 20.0 Å². The highest BCUT2D eigenvalue weighted by atomic mass is 16.5. The van der Waals surface area contributed by atoms with Crippen LogP contribution in [0.4, 0.5) is 5.69 Å². The number of rotatable bonds is 6. The molecule has 1 amide bonds. The van der Waals surface area contributed by atoms with Crippen LogP contribution in [0.15, 0.2) is 79.0 Å². The molecule has 1 aliphatic rings. The molecule has 0 aliphatic carbocycles. The maximum absolute atomic E-state index is 13.0. The first-order valence-corrected chi connectivity index (χ1v) is 12.1. The van der Waals surface area contributed by atoms with E-state index in [1.54, 1.807) is 20.0 Å². The molecule has 3 aromatic carbocycles. The Kier molecular flexibility index (Phi) is 6.62. The highest BCUT2D eigenvalue weighted by Gasteiger charge is 2.26. The fourth-order valence-corrected chi connectivity index (χ4v) is 4.40. The van der Waals surface area contributed by atoms with Crippen molar-refractivity contribution in [2.75, 3.05) is 31.1 Å². The molecule has 0 unspecified atom stereocenters. The molecule has 182 valence electrons. The summed E-state index contributed by atoms with van der Waals surface area (Å²) in [5, 5.41) is 0. The van der Waals surface area contributed by atoms with Crippen LogP contribution in [-0.2, 0) is 4.79 Å². The second-order valence-electron chi connectivity index (χ2n) is 8.94. The van der Waals surface area contributed by atoms with E-state index in [0.717, 1.165) is 41.1 Å². The smallest absolute Gasteiger partial charge is 0.263 e. The second kappa shape index (κ2) is 10.2. The molecule has 7 heteroatoms. The van der Waals surface area contributed by atoms with Gasteiger partial charge in [0.05, 0.1) is 22.9 Å². The third-order valence-electron chi connectivity index (χ3n) is 6.49. The fourth-order valence-electron chi connectivity index (χ4n) is 4.40. The van der Waals surface area contributed by atoms with Gasteiger partial charge in [-0.3, -0.25) is 14.6 Å². The van der Waals surface area contributed by atoms with E-state index in [9.17, 15) is 9.59 Å². The average molecular weight is 481 g/mol. The number of ether oxygens (including phenoxy) is 1. The van der Waals surface area contributed by atoms with E-state index in [1.165, 1.54) is 0 Å². The number of benzene rings is 3. The lowest BCUT2D eigenvalue weighted by Crippen LogP contribution is -2.52. The van der Waals surface area contributed by atoms with Crippen LogP contribution in [-0.4, -0.2) is 58.8 Å². The van der Waals surface area contributed by atoms with E-state index in [0.29, 0.717) is 24.4 Å². The number of piperazine rings is 1. The number of carbonyl (C=O) groups is 2. The number of ketones is 1. The maximum atomic E-state index is 13.0. The summed E-state index contributed by atoms with van der Waals surface area (Å²) in [5.41, 5.74) is 5.21. The van der Waals surface area contributed by atoms with Crippen LogP contribution in [0.25, 0.3) is 22.3 Å². The molecule has 5 rings (SSSR count). The normalized spacial score (nSPS) is 14.5. The van der Waals surface area contributed by atoms with Gasteiger partial charge in [0.25, 0.3) is 5.91 Å². The first kappa shape index (κ1) is 23.5. The minimum absolute atomic E-state index is 0.0222. The molecule has 1 aliphatic heterocycles. The number of hydrogen-bond donors (Lipinski definition) is 0. The van der Waals surface area contributed by atoms with Gasteiger partial charge in [0.2, 0.25) is 0 Å². The topological polar surface area (TPSA) is 75.6 Å². The highest BCUT2D eigenvalue weighted by Crippen LogP contribution is 2.23. The van der Waals surface area contributed by atoms with Gasteiger partial charge in [-0.15, -0.1) is 0 Å². The Bertz CT molecular complexity index is 1380. The molecule has 1 saturated heterocycles. The van der Waals surface area contributed by atoms with Crippen molar-refractivity contribution >= 4 is 28.4 Å². The SMILES string of the molecule is CC(=O)c1ccc(N2CCN(C(=O)[C@@H](C)Oc3ccc(-c4cnc5ccccc5n4)cc3)CC2)cc1. The molecule has 1 fully saturated rings. The molecule has 0 bridgehead atoms. The van der Waals surface area contributed by atoms with Crippen LogP contribution < -0.4 is 9.64 Å². The van der Waals surface area contributed by atoms with E-state index in [4.69, 9.17) is 4.74 Å². The summed E-state index contributed by atoms with van der Waals surface area (Å²) in [7, 11) is 0. The fraction of sp³-hybridized carbons (Fsp3) is 0.241. The zero-order chi connectivity index (χ0) is 25.1. The summed E-state index contributed by atoms with van der Waals surface area (Å²) in [6.07, 6.45) is 1.18. The number of hydrogen-bond acceptors (Lipinski definition) is 6. The number of nitrogens with zero attached hydrogens (tertiary/aromatic N) is 4. The van der Waals surface area contributed by atoms with Gasteiger partial charge in [0, 0.05) is 43.0 Å². The molecule has 0 N–H and O–H groups in total. The Hall–Kier alpha value is -4.26. The number of anilines is 1. The lowest BCUT2D eigenvalue weighted by molar-refractivity contribution is -0.138. The van der Waals surface area contributed by atoms with Crippen LogP contribution in [0.3, 0.4) is 0 Å². The van der Waals surface area contributed by atoms with Crippen molar-refractivity contribution in [1.82, 2.24) is 14.9 Å². The van der Waals surface area contributed by atoms with Gasteiger partial charge in [-0.1, -0.05) is 12.1 Å². The van der Waals surface area contributed by atoms with E-state index in [1.807, 2.05) is 77.7 Å². The highest BCUT2D eigenvalue weighted by molar-refractivity contribution is 5.94. The first-order valence-electron chi connectivity index (χ1n) is 12.1. The molecule has 7 nitrogen and oxygen atoms in total. The Morgan fingerprint density at radius 2 is 1.53 bits per heavy atom. The Balaban J connectivity index is 1.16. The molecule has 36 heavy (non-hydrogen) atoms. The first-order chi connectivity index (χ1) is 17.5. The third kappa shape index (κ3) is 5.05. The number of Topliss-reactive ketones (excluding diaryl/α,β-unsaturated/α-hetero) is 1. The predicted molar refractivity (Wildman–Crippen MR) is 140 cm³/mol. The molecule has 1 aromatic heterocycles. The zero-order valence-electron chi connectivity index (χ0n) is 20.4.